The van der Waals surface area contributed by atoms with E-state index in [1.54, 1.807) is 12.1 Å². The highest BCUT2D eigenvalue weighted by atomic mass is 16.7. The lowest BCUT2D eigenvalue weighted by molar-refractivity contribution is -0.139. The van der Waals surface area contributed by atoms with Crippen molar-refractivity contribution in [3.05, 3.63) is 77.7 Å². The first-order valence-electron chi connectivity index (χ1n) is 6.75. The van der Waals surface area contributed by atoms with Crippen LogP contribution in [0, 0.1) is 0 Å². The lowest BCUT2D eigenvalue weighted by Gasteiger charge is -2.16. The van der Waals surface area contributed by atoms with Crippen molar-refractivity contribution in [2.24, 2.45) is 0 Å². The molecule has 1 N–H and O–H groups in total. The van der Waals surface area contributed by atoms with Gasteiger partial charge in [-0.05, 0) is 17.7 Å². The minimum atomic E-state index is -1.16. The lowest BCUT2D eigenvalue weighted by atomic mass is 10.2. The fourth-order valence-electron chi connectivity index (χ4n) is 2.07. The van der Waals surface area contributed by atoms with Gasteiger partial charge in [-0.1, -0.05) is 42.5 Å². The van der Waals surface area contributed by atoms with Crippen molar-refractivity contribution in [2.45, 2.75) is 12.9 Å². The summed E-state index contributed by atoms with van der Waals surface area (Å²) in [7, 11) is 0. The third-order valence-corrected chi connectivity index (χ3v) is 3.15. The van der Waals surface area contributed by atoms with Crippen LogP contribution in [0.1, 0.15) is 17.4 Å². The Hall–Kier alpha value is -2.95. The van der Waals surface area contributed by atoms with E-state index in [-0.39, 0.29) is 5.76 Å². The molecule has 0 bridgehead atoms. The van der Waals surface area contributed by atoms with Gasteiger partial charge in [0.15, 0.2) is 0 Å². The lowest BCUT2D eigenvalue weighted by Crippen LogP contribution is -2.06. The Balaban J connectivity index is 1.72. The molecule has 0 aromatic heterocycles. The predicted molar refractivity (Wildman–Crippen MR) is 77.8 cm³/mol. The summed E-state index contributed by atoms with van der Waals surface area (Å²) < 4.78 is 16.3. The Morgan fingerprint density at radius 1 is 1.09 bits per heavy atom. The van der Waals surface area contributed by atoms with E-state index in [4.69, 9.17) is 19.3 Å². The van der Waals surface area contributed by atoms with Crippen LogP contribution in [0.15, 0.2) is 66.6 Å². The molecule has 2 aromatic carbocycles. The van der Waals surface area contributed by atoms with Gasteiger partial charge in [0.1, 0.15) is 18.6 Å². The van der Waals surface area contributed by atoms with Gasteiger partial charge in [-0.25, -0.2) is 4.79 Å². The van der Waals surface area contributed by atoms with Gasteiger partial charge in [-0.15, -0.1) is 0 Å². The number of benzene rings is 2. The quantitative estimate of drug-likeness (QED) is 0.918. The SMILES string of the molecule is O=C(O)C1=COC(c2ccccc2OCc2ccccc2)O1. The highest BCUT2D eigenvalue weighted by Gasteiger charge is 2.28. The predicted octanol–water partition coefficient (Wildman–Crippen LogP) is 3.24. The van der Waals surface area contributed by atoms with Crippen molar-refractivity contribution in [1.82, 2.24) is 0 Å². The van der Waals surface area contributed by atoms with Crippen LogP contribution >= 0.6 is 0 Å². The Labute approximate surface area is 127 Å². The molecule has 22 heavy (non-hydrogen) atoms. The average molecular weight is 298 g/mol. The number of hydrogen-bond donors (Lipinski definition) is 1. The molecule has 5 nitrogen and oxygen atoms in total. The highest BCUT2D eigenvalue weighted by molar-refractivity contribution is 5.84. The normalized spacial score (nSPS) is 16.4. The molecule has 2 aromatic rings. The van der Waals surface area contributed by atoms with Crippen LogP contribution in [0.3, 0.4) is 0 Å². The second-order valence-corrected chi connectivity index (χ2v) is 4.69. The van der Waals surface area contributed by atoms with Crippen molar-refractivity contribution in [3.63, 3.8) is 0 Å². The molecule has 1 unspecified atom stereocenters. The number of carboxylic acid groups (broad SMARTS) is 1. The van der Waals surface area contributed by atoms with Crippen molar-refractivity contribution < 1.29 is 24.1 Å². The summed E-state index contributed by atoms with van der Waals surface area (Å²) in [6.07, 6.45) is 0.291. The first-order chi connectivity index (χ1) is 10.7. The molecule has 1 aliphatic rings. The summed E-state index contributed by atoms with van der Waals surface area (Å²) in [6, 6.07) is 17.0. The minimum absolute atomic E-state index is 0.220. The van der Waals surface area contributed by atoms with Crippen molar-refractivity contribution in [1.29, 1.82) is 0 Å². The van der Waals surface area contributed by atoms with Crippen molar-refractivity contribution in [2.75, 3.05) is 0 Å². The molecule has 0 aliphatic carbocycles. The van der Waals surface area contributed by atoms with Crippen LogP contribution in [0.5, 0.6) is 5.75 Å². The topological polar surface area (TPSA) is 65.0 Å². The molecule has 0 spiro atoms. The fourth-order valence-corrected chi connectivity index (χ4v) is 2.07. The summed E-state index contributed by atoms with van der Waals surface area (Å²) in [5.74, 6) is -0.788. The van der Waals surface area contributed by atoms with Crippen LogP contribution in [0.4, 0.5) is 0 Å². The standard InChI is InChI=1S/C17H14O5/c18-16(19)15-11-21-17(22-15)13-8-4-5-9-14(13)20-10-12-6-2-1-3-7-12/h1-9,11,17H,10H2,(H,18,19). The number of para-hydroxylation sites is 1. The van der Waals surface area contributed by atoms with Gasteiger partial charge in [-0.2, -0.15) is 0 Å². The second kappa shape index (κ2) is 6.22. The van der Waals surface area contributed by atoms with Crippen LogP contribution in [-0.4, -0.2) is 11.1 Å². The Kier molecular flexibility index (Phi) is 3.96. The van der Waals surface area contributed by atoms with E-state index in [0.29, 0.717) is 17.9 Å². The first kappa shape index (κ1) is 14.0. The maximum atomic E-state index is 10.9. The van der Waals surface area contributed by atoms with E-state index < -0.39 is 12.3 Å². The molecule has 0 fully saturated rings. The minimum Gasteiger partial charge on any atom is -0.488 e. The second-order valence-electron chi connectivity index (χ2n) is 4.69. The molecule has 1 aliphatic heterocycles. The van der Waals surface area contributed by atoms with Crippen molar-refractivity contribution in [3.8, 4) is 5.75 Å². The number of carbonyl (C=O) groups is 1. The van der Waals surface area contributed by atoms with Crippen molar-refractivity contribution >= 4 is 5.97 Å². The van der Waals surface area contributed by atoms with Gasteiger partial charge in [0.05, 0.1) is 5.56 Å². The molecule has 0 amide bonds. The molecule has 1 heterocycles. The molecule has 0 saturated carbocycles. The van der Waals surface area contributed by atoms with E-state index >= 15 is 0 Å². The smallest absolute Gasteiger partial charge is 0.374 e. The molecule has 0 radical (unpaired) electrons. The third-order valence-electron chi connectivity index (χ3n) is 3.15. The van der Waals surface area contributed by atoms with Crippen LogP contribution < -0.4 is 4.74 Å². The monoisotopic (exact) mass is 298 g/mol. The van der Waals surface area contributed by atoms with Gasteiger partial charge in [0.25, 0.3) is 6.29 Å². The zero-order valence-corrected chi connectivity index (χ0v) is 11.6. The summed E-state index contributed by atoms with van der Waals surface area (Å²) in [5.41, 5.74) is 1.68. The number of carboxylic acids is 1. The molecule has 1 atom stereocenters. The molecule has 112 valence electrons. The van der Waals surface area contributed by atoms with Crippen LogP contribution in [0.25, 0.3) is 0 Å². The number of ether oxygens (including phenoxy) is 3. The molecule has 0 saturated heterocycles. The highest BCUT2D eigenvalue weighted by Crippen LogP contribution is 2.34. The van der Waals surface area contributed by atoms with Gasteiger partial charge in [0.2, 0.25) is 5.76 Å². The molecular weight excluding hydrogens is 284 g/mol. The van der Waals surface area contributed by atoms with E-state index in [1.165, 1.54) is 0 Å². The maximum absolute atomic E-state index is 10.9. The summed E-state index contributed by atoms with van der Waals surface area (Å²) in [6.45, 7) is 0.407. The summed E-state index contributed by atoms with van der Waals surface area (Å²) in [4.78, 5) is 10.9. The zero-order valence-electron chi connectivity index (χ0n) is 11.6. The molecular formula is C17H14O5. The van der Waals surface area contributed by atoms with Crippen LogP contribution in [-0.2, 0) is 20.9 Å². The van der Waals surface area contributed by atoms with E-state index in [2.05, 4.69) is 0 Å². The maximum Gasteiger partial charge on any atom is 0.374 e. The Morgan fingerprint density at radius 2 is 1.82 bits per heavy atom. The van der Waals surface area contributed by atoms with Gasteiger partial charge >= 0.3 is 5.97 Å². The largest absolute Gasteiger partial charge is 0.488 e. The Bertz CT molecular complexity index is 693. The number of rotatable bonds is 5. The Morgan fingerprint density at radius 3 is 2.55 bits per heavy atom. The zero-order chi connectivity index (χ0) is 15.4. The van der Waals surface area contributed by atoms with Crippen LogP contribution in [0.2, 0.25) is 0 Å². The number of hydrogen-bond acceptors (Lipinski definition) is 4. The number of aliphatic carboxylic acids is 1. The average Bonchev–Trinajstić information content (AvgIpc) is 3.04. The van der Waals surface area contributed by atoms with Gasteiger partial charge in [0, 0.05) is 0 Å². The van der Waals surface area contributed by atoms with Gasteiger partial charge < -0.3 is 19.3 Å². The molecule has 5 heteroatoms. The van der Waals surface area contributed by atoms with E-state index in [1.807, 2.05) is 42.5 Å². The van der Waals surface area contributed by atoms with E-state index in [9.17, 15) is 4.79 Å². The summed E-state index contributed by atoms with van der Waals surface area (Å²) in [5, 5.41) is 8.89. The fraction of sp³-hybridized carbons (Fsp3) is 0.118. The molecule has 3 rings (SSSR count). The van der Waals surface area contributed by atoms with E-state index in [0.717, 1.165) is 11.8 Å². The summed E-state index contributed by atoms with van der Waals surface area (Å²) >= 11 is 0. The van der Waals surface area contributed by atoms with Gasteiger partial charge in [-0.3, -0.25) is 0 Å². The third kappa shape index (κ3) is 3.03. The first-order valence-corrected chi connectivity index (χ1v) is 6.75.